The second-order valence-electron chi connectivity index (χ2n) is 4.04. The fraction of sp³-hybridized carbons (Fsp3) is 0.143. The molecule has 1 N–H and O–H groups in total. The maximum Gasteiger partial charge on any atom is 0.262 e. The van der Waals surface area contributed by atoms with Crippen molar-refractivity contribution in [1.82, 2.24) is 4.89 Å². The summed E-state index contributed by atoms with van der Waals surface area (Å²) in [6, 6.07) is 15.3. The minimum atomic E-state index is -3.68. The first-order chi connectivity index (χ1) is 9.62. The van der Waals surface area contributed by atoms with Crippen molar-refractivity contribution >= 4 is 10.0 Å². The summed E-state index contributed by atoms with van der Waals surface area (Å²) in [6.45, 7) is 0.163. The summed E-state index contributed by atoms with van der Waals surface area (Å²) in [5, 5.41) is 0. The fourth-order valence-corrected chi connectivity index (χ4v) is 2.37. The molecule has 0 heterocycles. The van der Waals surface area contributed by atoms with Gasteiger partial charge in [0, 0.05) is 0 Å². The van der Waals surface area contributed by atoms with Crippen LogP contribution < -0.4 is 9.62 Å². The summed E-state index contributed by atoms with van der Waals surface area (Å²) in [4.78, 5) is 7.24. The van der Waals surface area contributed by atoms with Gasteiger partial charge < -0.3 is 4.74 Å². The Bertz CT molecular complexity index is 639. The summed E-state index contributed by atoms with van der Waals surface area (Å²) in [6.07, 6.45) is 0. The quantitative estimate of drug-likeness (QED) is 0.828. The zero-order valence-corrected chi connectivity index (χ0v) is 11.8. The van der Waals surface area contributed by atoms with Crippen LogP contribution in [-0.2, 0) is 21.5 Å². The first-order valence-corrected chi connectivity index (χ1v) is 7.42. The van der Waals surface area contributed by atoms with Gasteiger partial charge in [-0.15, -0.1) is 0 Å². The number of benzene rings is 2. The van der Waals surface area contributed by atoms with Gasteiger partial charge in [-0.05, 0) is 29.8 Å². The van der Waals surface area contributed by atoms with Gasteiger partial charge in [0.1, 0.15) is 5.75 Å². The molecule has 6 heteroatoms. The molecule has 0 saturated heterocycles. The Labute approximate surface area is 118 Å². The molecule has 0 aromatic heterocycles. The molecule has 0 amide bonds. The lowest BCUT2D eigenvalue weighted by Crippen LogP contribution is -2.23. The standard InChI is InChI=1S/C14H15NO4S/c1-18-13-7-9-14(10-8-13)20(16,17)15-19-11-12-5-3-2-4-6-12/h2-10,15H,11H2,1H3. The highest BCUT2D eigenvalue weighted by Crippen LogP contribution is 2.15. The minimum Gasteiger partial charge on any atom is -0.497 e. The minimum absolute atomic E-state index is 0.117. The van der Waals surface area contributed by atoms with Crippen molar-refractivity contribution in [3.63, 3.8) is 0 Å². The summed E-state index contributed by atoms with van der Waals surface area (Å²) in [7, 11) is -2.16. The maximum absolute atomic E-state index is 11.9. The number of ether oxygens (including phenoxy) is 1. The van der Waals surface area contributed by atoms with E-state index in [1.54, 1.807) is 12.1 Å². The molecule has 0 radical (unpaired) electrons. The topological polar surface area (TPSA) is 64.6 Å². The molecule has 106 valence electrons. The van der Waals surface area contributed by atoms with Gasteiger partial charge in [0.25, 0.3) is 10.0 Å². The van der Waals surface area contributed by atoms with Crippen molar-refractivity contribution < 1.29 is 18.0 Å². The largest absolute Gasteiger partial charge is 0.497 e. The van der Waals surface area contributed by atoms with Gasteiger partial charge in [0.15, 0.2) is 0 Å². The van der Waals surface area contributed by atoms with Crippen molar-refractivity contribution in [1.29, 1.82) is 0 Å². The van der Waals surface area contributed by atoms with Crippen molar-refractivity contribution in [3.05, 3.63) is 60.2 Å². The number of nitrogens with one attached hydrogen (secondary N) is 1. The molecule has 2 aromatic rings. The third-order valence-corrected chi connectivity index (χ3v) is 3.85. The predicted octanol–water partition coefficient (Wildman–Crippen LogP) is 2.11. The van der Waals surface area contributed by atoms with E-state index in [1.165, 1.54) is 19.2 Å². The molecule has 0 spiro atoms. The van der Waals surface area contributed by atoms with Crippen molar-refractivity contribution in [3.8, 4) is 5.75 Å². The Kier molecular flexibility index (Phi) is 4.73. The van der Waals surface area contributed by atoms with E-state index < -0.39 is 10.0 Å². The van der Waals surface area contributed by atoms with E-state index in [0.29, 0.717) is 5.75 Å². The van der Waals surface area contributed by atoms with Crippen LogP contribution in [0.2, 0.25) is 0 Å². The summed E-state index contributed by atoms with van der Waals surface area (Å²) in [5.74, 6) is 0.592. The zero-order chi connectivity index (χ0) is 14.4. The number of methoxy groups -OCH3 is 1. The van der Waals surface area contributed by atoms with Crippen LogP contribution in [0.15, 0.2) is 59.5 Å². The third-order valence-electron chi connectivity index (χ3n) is 2.62. The second-order valence-corrected chi connectivity index (χ2v) is 5.68. The van der Waals surface area contributed by atoms with E-state index in [9.17, 15) is 8.42 Å². The van der Waals surface area contributed by atoms with E-state index in [0.717, 1.165) is 5.56 Å². The molecule has 0 saturated carbocycles. The van der Waals surface area contributed by atoms with Gasteiger partial charge in [0.05, 0.1) is 18.6 Å². The van der Waals surface area contributed by atoms with Crippen LogP contribution in [0.1, 0.15) is 5.56 Å². The number of rotatable bonds is 6. The summed E-state index contributed by atoms with van der Waals surface area (Å²) in [5.41, 5.74) is 0.880. The van der Waals surface area contributed by atoms with E-state index in [-0.39, 0.29) is 11.5 Å². The number of hydrogen-bond donors (Lipinski definition) is 1. The van der Waals surface area contributed by atoms with Gasteiger partial charge in [-0.25, -0.2) is 8.42 Å². The van der Waals surface area contributed by atoms with Crippen molar-refractivity contribution in [2.24, 2.45) is 0 Å². The molecule has 0 unspecified atom stereocenters. The van der Waals surface area contributed by atoms with Crippen LogP contribution >= 0.6 is 0 Å². The smallest absolute Gasteiger partial charge is 0.262 e. The Hall–Kier alpha value is -1.89. The molecule has 2 aromatic carbocycles. The number of hydrogen-bond acceptors (Lipinski definition) is 4. The first-order valence-electron chi connectivity index (χ1n) is 5.93. The second kappa shape index (κ2) is 6.51. The molecule has 0 aliphatic heterocycles. The van der Waals surface area contributed by atoms with Gasteiger partial charge in [0.2, 0.25) is 0 Å². The summed E-state index contributed by atoms with van der Waals surface area (Å²) >= 11 is 0. The van der Waals surface area contributed by atoms with Crippen molar-refractivity contribution in [2.45, 2.75) is 11.5 Å². The van der Waals surface area contributed by atoms with Crippen LogP contribution in [0.4, 0.5) is 0 Å². The average Bonchev–Trinajstić information content (AvgIpc) is 2.48. The molecule has 0 atom stereocenters. The Morgan fingerprint density at radius 2 is 1.65 bits per heavy atom. The van der Waals surface area contributed by atoms with Gasteiger partial charge in [-0.2, -0.15) is 0 Å². The van der Waals surface area contributed by atoms with Crippen LogP contribution in [0, 0.1) is 0 Å². The lowest BCUT2D eigenvalue weighted by Gasteiger charge is -2.08. The lowest BCUT2D eigenvalue weighted by atomic mass is 10.2. The molecule has 0 aliphatic carbocycles. The SMILES string of the molecule is COc1ccc(S(=O)(=O)NOCc2ccccc2)cc1. The zero-order valence-electron chi connectivity index (χ0n) is 10.9. The molecule has 0 aliphatic rings. The van der Waals surface area contributed by atoms with E-state index in [4.69, 9.17) is 9.57 Å². The highest BCUT2D eigenvalue weighted by Gasteiger charge is 2.13. The average molecular weight is 293 g/mol. The molecule has 20 heavy (non-hydrogen) atoms. The van der Waals surface area contributed by atoms with E-state index in [2.05, 4.69) is 4.89 Å². The fourth-order valence-electron chi connectivity index (χ4n) is 1.57. The monoisotopic (exact) mass is 293 g/mol. The van der Waals surface area contributed by atoms with E-state index >= 15 is 0 Å². The Balaban J connectivity index is 1.96. The van der Waals surface area contributed by atoms with Crippen molar-refractivity contribution in [2.75, 3.05) is 7.11 Å². The number of sulfonamides is 1. The maximum atomic E-state index is 11.9. The normalized spacial score (nSPS) is 11.2. The lowest BCUT2D eigenvalue weighted by molar-refractivity contribution is 0.0795. The molecular weight excluding hydrogens is 278 g/mol. The first kappa shape index (κ1) is 14.5. The van der Waals surface area contributed by atoms with Crippen LogP contribution in [0.3, 0.4) is 0 Å². The highest BCUT2D eigenvalue weighted by atomic mass is 32.2. The third kappa shape index (κ3) is 3.80. The molecular formula is C14H15NO4S. The molecule has 5 nitrogen and oxygen atoms in total. The van der Waals surface area contributed by atoms with Gasteiger partial charge in [-0.3, -0.25) is 4.84 Å². The molecule has 0 fully saturated rings. The van der Waals surface area contributed by atoms with Gasteiger partial charge in [-0.1, -0.05) is 35.2 Å². The molecule has 0 bridgehead atoms. The summed E-state index contributed by atoms with van der Waals surface area (Å²) < 4.78 is 28.9. The van der Waals surface area contributed by atoms with E-state index in [1.807, 2.05) is 30.3 Å². The van der Waals surface area contributed by atoms with Crippen LogP contribution in [0.25, 0.3) is 0 Å². The van der Waals surface area contributed by atoms with Crippen LogP contribution in [0.5, 0.6) is 5.75 Å². The predicted molar refractivity (Wildman–Crippen MR) is 74.5 cm³/mol. The Morgan fingerprint density at radius 1 is 1.00 bits per heavy atom. The Morgan fingerprint density at radius 3 is 2.25 bits per heavy atom. The highest BCUT2D eigenvalue weighted by molar-refractivity contribution is 7.89. The van der Waals surface area contributed by atoms with Crippen LogP contribution in [-0.4, -0.2) is 15.5 Å². The van der Waals surface area contributed by atoms with Gasteiger partial charge >= 0.3 is 0 Å². The molecule has 2 rings (SSSR count).